The number of hydrazine groups is 1. The van der Waals surface area contributed by atoms with E-state index in [0.717, 1.165) is 11.1 Å². The quantitative estimate of drug-likeness (QED) is 0.611. The molecule has 2 saturated heterocycles. The fraction of sp³-hybridized carbons (Fsp3) is 0.423. The van der Waals surface area contributed by atoms with Gasteiger partial charge in [0.1, 0.15) is 12.2 Å². The summed E-state index contributed by atoms with van der Waals surface area (Å²) in [5.41, 5.74) is 1.72. The van der Waals surface area contributed by atoms with E-state index in [9.17, 15) is 14.4 Å². The van der Waals surface area contributed by atoms with Crippen LogP contribution in [-0.4, -0.2) is 70.0 Å². The number of hydrogen-bond donors (Lipinski definition) is 1. The minimum absolute atomic E-state index is 0.0124. The number of amides is 4. The van der Waals surface area contributed by atoms with Crippen molar-refractivity contribution in [3.63, 3.8) is 0 Å². The predicted octanol–water partition coefficient (Wildman–Crippen LogP) is 3.98. The Bertz CT molecular complexity index is 1130. The molecule has 0 aliphatic carbocycles. The van der Waals surface area contributed by atoms with Crippen LogP contribution in [0.5, 0.6) is 0 Å². The topological polar surface area (TPSA) is 76.2 Å². The Kier molecular flexibility index (Phi) is 8.07. The van der Waals surface area contributed by atoms with E-state index >= 15 is 0 Å². The van der Waals surface area contributed by atoms with Crippen molar-refractivity contribution in [1.29, 1.82) is 0 Å². The Balaban J connectivity index is 1.64. The number of benzene rings is 2. The number of piperazine rings is 1. The van der Waals surface area contributed by atoms with Crippen LogP contribution in [0.25, 0.3) is 0 Å². The highest BCUT2D eigenvalue weighted by Gasteiger charge is 2.51. The number of nitrogens with zero attached hydrogens (tertiary/aromatic N) is 4. The third kappa shape index (κ3) is 5.31. The van der Waals surface area contributed by atoms with Crippen molar-refractivity contribution in [2.45, 2.75) is 45.6 Å². The Morgan fingerprint density at radius 2 is 1.86 bits per heavy atom. The van der Waals surface area contributed by atoms with Crippen molar-refractivity contribution in [2.24, 2.45) is 5.92 Å². The molecule has 2 heterocycles. The number of likely N-dealkylation sites (N-methyl/N-ethyl adjacent to an activating group) is 1. The van der Waals surface area contributed by atoms with Crippen LogP contribution in [0, 0.1) is 5.92 Å². The number of fused-ring (bicyclic) bond motifs is 1. The molecule has 2 unspecified atom stereocenters. The van der Waals surface area contributed by atoms with E-state index in [0.29, 0.717) is 23.0 Å². The zero-order valence-corrected chi connectivity index (χ0v) is 22.2. The van der Waals surface area contributed by atoms with E-state index in [-0.39, 0.29) is 43.4 Å². The van der Waals surface area contributed by atoms with Crippen molar-refractivity contribution in [2.75, 3.05) is 20.1 Å². The lowest BCUT2D eigenvalue weighted by molar-refractivity contribution is -0.190. The van der Waals surface area contributed by atoms with E-state index in [2.05, 4.69) is 5.32 Å². The summed E-state index contributed by atoms with van der Waals surface area (Å²) in [6, 6.07) is 13.8. The van der Waals surface area contributed by atoms with Crippen molar-refractivity contribution >= 4 is 41.0 Å². The summed E-state index contributed by atoms with van der Waals surface area (Å²) < 4.78 is 0. The van der Waals surface area contributed by atoms with Crippen LogP contribution in [0.1, 0.15) is 31.4 Å². The summed E-state index contributed by atoms with van der Waals surface area (Å²) in [6.45, 7) is 4.74. The third-order valence-electron chi connectivity index (χ3n) is 6.93. The smallest absolute Gasteiger partial charge is 0.333 e. The molecule has 3 atom stereocenters. The van der Waals surface area contributed by atoms with E-state index in [4.69, 9.17) is 23.2 Å². The average molecular weight is 532 g/mol. The molecule has 192 valence electrons. The van der Waals surface area contributed by atoms with Crippen LogP contribution in [0.2, 0.25) is 10.0 Å². The molecule has 0 saturated carbocycles. The number of carbonyl (C=O) groups excluding carboxylic acids is 3. The summed E-state index contributed by atoms with van der Waals surface area (Å²) in [6.07, 6.45) is 0.0631. The Hall–Kier alpha value is -2.81. The molecule has 2 aromatic carbocycles. The SMILES string of the molecule is CCC(C)[C@H]1C(=O)N(Cc2ccc(Cl)cc2Cl)CC2N1C(=O)CN(C)N2C(=O)NCc1ccccc1. The molecule has 0 radical (unpaired) electrons. The van der Waals surface area contributed by atoms with Gasteiger partial charge in [0.05, 0.1) is 13.1 Å². The first-order valence-electron chi connectivity index (χ1n) is 12.1. The molecule has 2 aliphatic rings. The van der Waals surface area contributed by atoms with Crippen molar-refractivity contribution in [3.05, 3.63) is 69.7 Å². The summed E-state index contributed by atoms with van der Waals surface area (Å²) >= 11 is 12.5. The molecule has 0 bridgehead atoms. The van der Waals surface area contributed by atoms with Gasteiger partial charge in [0.15, 0.2) is 0 Å². The molecular formula is C26H31Cl2N5O3. The summed E-state index contributed by atoms with van der Waals surface area (Å²) in [5.74, 6) is -0.406. The second-order valence-corrected chi connectivity index (χ2v) is 10.2. The standard InChI is InChI=1S/C26H31Cl2N5O3/c1-4-17(2)24-25(35)31(14-19-10-11-20(27)12-21(19)28)15-22-32(24)23(34)16-30(3)33(22)26(36)29-13-18-8-6-5-7-9-18/h5-12,17,22,24H,4,13-16H2,1-3H3,(H,29,36)/t17?,22?,24-/m0/s1. The summed E-state index contributed by atoms with van der Waals surface area (Å²) in [4.78, 5) is 43.7. The second-order valence-electron chi connectivity index (χ2n) is 9.37. The van der Waals surface area contributed by atoms with E-state index in [1.165, 1.54) is 0 Å². The lowest BCUT2D eigenvalue weighted by atomic mass is 9.92. The van der Waals surface area contributed by atoms with Crippen LogP contribution in [0.3, 0.4) is 0 Å². The zero-order chi connectivity index (χ0) is 26.0. The van der Waals surface area contributed by atoms with Gasteiger partial charge < -0.3 is 15.1 Å². The van der Waals surface area contributed by atoms with Gasteiger partial charge in [0.2, 0.25) is 11.8 Å². The van der Waals surface area contributed by atoms with E-state index < -0.39 is 12.2 Å². The number of hydrogen-bond acceptors (Lipinski definition) is 4. The van der Waals surface area contributed by atoms with Crippen LogP contribution in [-0.2, 0) is 22.7 Å². The molecule has 2 aromatic rings. The highest BCUT2D eigenvalue weighted by Crippen LogP contribution is 2.32. The normalized spacial score (nSPS) is 21.4. The van der Waals surface area contributed by atoms with Crippen LogP contribution in [0.4, 0.5) is 4.79 Å². The molecular weight excluding hydrogens is 501 g/mol. The van der Waals surface area contributed by atoms with Gasteiger partial charge in [-0.1, -0.05) is 79.9 Å². The monoisotopic (exact) mass is 531 g/mol. The number of halogens is 2. The molecule has 8 nitrogen and oxygen atoms in total. The van der Waals surface area contributed by atoms with Gasteiger partial charge in [-0.3, -0.25) is 9.59 Å². The number of nitrogens with one attached hydrogen (secondary N) is 1. The van der Waals surface area contributed by atoms with Gasteiger partial charge in [-0.15, -0.1) is 0 Å². The molecule has 2 aliphatic heterocycles. The number of carbonyl (C=O) groups is 3. The Morgan fingerprint density at radius 1 is 1.14 bits per heavy atom. The van der Waals surface area contributed by atoms with Gasteiger partial charge in [-0.25, -0.2) is 14.8 Å². The number of rotatable bonds is 6. The molecule has 10 heteroatoms. The lowest BCUT2D eigenvalue weighted by Gasteiger charge is -2.55. The van der Waals surface area contributed by atoms with E-state index in [1.807, 2.05) is 44.2 Å². The molecule has 36 heavy (non-hydrogen) atoms. The van der Waals surface area contributed by atoms with Gasteiger partial charge in [-0.05, 0) is 29.2 Å². The minimum Gasteiger partial charge on any atom is -0.333 e. The Labute approximate surface area is 221 Å². The Morgan fingerprint density at radius 3 is 2.53 bits per heavy atom. The second kappa shape index (κ2) is 11.1. The highest BCUT2D eigenvalue weighted by atomic mass is 35.5. The first-order valence-corrected chi connectivity index (χ1v) is 12.8. The van der Waals surface area contributed by atoms with Crippen LogP contribution < -0.4 is 5.32 Å². The zero-order valence-electron chi connectivity index (χ0n) is 20.7. The first kappa shape index (κ1) is 26.3. The maximum atomic E-state index is 13.7. The van der Waals surface area contributed by atoms with Crippen LogP contribution in [0.15, 0.2) is 48.5 Å². The molecule has 4 amide bonds. The predicted molar refractivity (Wildman–Crippen MR) is 139 cm³/mol. The van der Waals surface area contributed by atoms with Crippen molar-refractivity contribution in [3.8, 4) is 0 Å². The van der Waals surface area contributed by atoms with Gasteiger partial charge in [0, 0.05) is 30.2 Å². The number of urea groups is 1. The summed E-state index contributed by atoms with van der Waals surface area (Å²) in [7, 11) is 1.71. The van der Waals surface area contributed by atoms with Crippen molar-refractivity contribution in [1.82, 2.24) is 25.1 Å². The maximum Gasteiger partial charge on any atom is 0.334 e. The van der Waals surface area contributed by atoms with Gasteiger partial charge in [-0.2, -0.15) is 0 Å². The molecule has 4 rings (SSSR count). The molecule has 0 aromatic heterocycles. The molecule has 0 spiro atoms. The third-order valence-corrected chi connectivity index (χ3v) is 7.51. The van der Waals surface area contributed by atoms with Gasteiger partial charge in [0.25, 0.3) is 0 Å². The average Bonchev–Trinajstić information content (AvgIpc) is 2.85. The lowest BCUT2D eigenvalue weighted by Crippen LogP contribution is -2.76. The maximum absolute atomic E-state index is 13.7. The van der Waals surface area contributed by atoms with Crippen LogP contribution >= 0.6 is 23.2 Å². The fourth-order valence-electron chi connectivity index (χ4n) is 4.85. The minimum atomic E-state index is -0.676. The highest BCUT2D eigenvalue weighted by molar-refractivity contribution is 6.35. The molecule has 2 fully saturated rings. The van der Waals surface area contributed by atoms with Gasteiger partial charge >= 0.3 is 6.03 Å². The van der Waals surface area contributed by atoms with E-state index in [1.54, 1.807) is 45.1 Å². The summed E-state index contributed by atoms with van der Waals surface area (Å²) in [5, 5.41) is 7.13. The largest absolute Gasteiger partial charge is 0.334 e. The van der Waals surface area contributed by atoms with Crippen molar-refractivity contribution < 1.29 is 14.4 Å². The fourth-order valence-corrected chi connectivity index (χ4v) is 5.32. The molecule has 1 N–H and O–H groups in total. The first-order chi connectivity index (χ1) is 17.2.